The normalized spacial score (nSPS) is 23.4. The van der Waals surface area contributed by atoms with Crippen molar-refractivity contribution in [3.63, 3.8) is 0 Å². The molecule has 0 amide bonds. The van der Waals surface area contributed by atoms with Crippen molar-refractivity contribution >= 4 is 11.6 Å². The molecule has 2 aliphatic heterocycles. The van der Waals surface area contributed by atoms with Gasteiger partial charge in [-0.05, 0) is 36.9 Å². The van der Waals surface area contributed by atoms with Gasteiger partial charge in [0.15, 0.2) is 11.5 Å². The van der Waals surface area contributed by atoms with Crippen molar-refractivity contribution < 1.29 is 9.47 Å². The Kier molecular flexibility index (Phi) is 2.65. The van der Waals surface area contributed by atoms with Gasteiger partial charge in [0.2, 0.25) is 6.79 Å². The summed E-state index contributed by atoms with van der Waals surface area (Å²) in [5, 5.41) is 4.12. The Morgan fingerprint density at radius 3 is 3.06 bits per heavy atom. The molecule has 3 nitrogen and oxygen atoms in total. The smallest absolute Gasteiger partial charge is 0.231 e. The van der Waals surface area contributed by atoms with E-state index in [1.807, 2.05) is 6.07 Å². The van der Waals surface area contributed by atoms with Crippen molar-refractivity contribution in [3.8, 4) is 11.5 Å². The molecule has 1 fully saturated rings. The molecule has 1 aromatic carbocycles. The Labute approximate surface area is 99.7 Å². The van der Waals surface area contributed by atoms with E-state index < -0.39 is 0 Å². The molecule has 1 atom stereocenters. The highest BCUT2D eigenvalue weighted by Gasteiger charge is 2.24. The maximum Gasteiger partial charge on any atom is 0.231 e. The van der Waals surface area contributed by atoms with Gasteiger partial charge in [0.25, 0.3) is 0 Å². The molecule has 1 unspecified atom stereocenters. The number of rotatable bonds is 1. The van der Waals surface area contributed by atoms with E-state index >= 15 is 0 Å². The lowest BCUT2D eigenvalue weighted by atomic mass is 9.91. The number of hydrogen-bond donors (Lipinski definition) is 1. The minimum atomic E-state index is 0.279. The summed E-state index contributed by atoms with van der Waals surface area (Å²) in [5.74, 6) is 1.97. The van der Waals surface area contributed by atoms with Crippen molar-refractivity contribution in [2.24, 2.45) is 0 Å². The molecule has 3 rings (SSSR count). The lowest BCUT2D eigenvalue weighted by Crippen LogP contribution is -2.28. The number of nitrogens with one attached hydrogen (secondary N) is 1. The Morgan fingerprint density at radius 2 is 2.25 bits per heavy atom. The first-order valence-corrected chi connectivity index (χ1v) is 6.03. The molecule has 16 heavy (non-hydrogen) atoms. The number of piperidine rings is 1. The Hall–Kier alpha value is -0.930. The molecule has 0 saturated carbocycles. The van der Waals surface area contributed by atoms with E-state index in [1.54, 1.807) is 0 Å². The van der Waals surface area contributed by atoms with Crippen molar-refractivity contribution in [1.29, 1.82) is 0 Å². The van der Waals surface area contributed by atoms with Gasteiger partial charge in [-0.1, -0.05) is 17.7 Å². The SMILES string of the molecule is Clc1c(C2CCCNC2)ccc2c1OCO2. The molecule has 0 radical (unpaired) electrons. The molecule has 0 aliphatic carbocycles. The van der Waals surface area contributed by atoms with Crippen LogP contribution >= 0.6 is 11.6 Å². The number of halogens is 1. The maximum absolute atomic E-state index is 6.35. The van der Waals surface area contributed by atoms with Crippen molar-refractivity contribution in [1.82, 2.24) is 5.32 Å². The quantitative estimate of drug-likeness (QED) is 0.817. The minimum Gasteiger partial charge on any atom is -0.454 e. The lowest BCUT2D eigenvalue weighted by molar-refractivity contribution is 0.174. The molecule has 2 aliphatic rings. The number of ether oxygens (including phenoxy) is 2. The van der Waals surface area contributed by atoms with Crippen LogP contribution in [-0.4, -0.2) is 19.9 Å². The summed E-state index contributed by atoms with van der Waals surface area (Å²) < 4.78 is 10.7. The lowest BCUT2D eigenvalue weighted by Gasteiger charge is -2.24. The zero-order valence-electron chi connectivity index (χ0n) is 8.96. The predicted molar refractivity (Wildman–Crippen MR) is 62.4 cm³/mol. The zero-order chi connectivity index (χ0) is 11.0. The Balaban J connectivity index is 1.95. The van der Waals surface area contributed by atoms with Gasteiger partial charge in [-0.2, -0.15) is 0 Å². The molecular formula is C12H14ClNO2. The Morgan fingerprint density at radius 1 is 1.31 bits per heavy atom. The molecular weight excluding hydrogens is 226 g/mol. The first-order valence-electron chi connectivity index (χ1n) is 5.65. The van der Waals surface area contributed by atoms with Crippen molar-refractivity contribution in [3.05, 3.63) is 22.7 Å². The van der Waals surface area contributed by atoms with Crippen LogP contribution in [0.2, 0.25) is 5.02 Å². The second-order valence-corrected chi connectivity index (χ2v) is 4.62. The van der Waals surface area contributed by atoms with Gasteiger partial charge < -0.3 is 14.8 Å². The summed E-state index contributed by atoms with van der Waals surface area (Å²) in [5.41, 5.74) is 1.18. The molecule has 0 spiro atoms. The van der Waals surface area contributed by atoms with Gasteiger partial charge in [0.1, 0.15) is 0 Å². The minimum absolute atomic E-state index is 0.279. The molecule has 1 saturated heterocycles. The summed E-state index contributed by atoms with van der Waals surface area (Å²) in [6.07, 6.45) is 2.39. The third-order valence-corrected chi connectivity index (χ3v) is 3.64. The van der Waals surface area contributed by atoms with Gasteiger partial charge in [0, 0.05) is 6.54 Å². The third-order valence-electron chi connectivity index (χ3n) is 3.25. The monoisotopic (exact) mass is 239 g/mol. The predicted octanol–water partition coefficient (Wildman–Crippen LogP) is 2.54. The molecule has 1 aromatic rings. The zero-order valence-corrected chi connectivity index (χ0v) is 9.72. The van der Waals surface area contributed by atoms with Gasteiger partial charge in [-0.3, -0.25) is 0 Å². The van der Waals surface area contributed by atoms with E-state index in [0.29, 0.717) is 11.7 Å². The molecule has 0 aromatic heterocycles. The average molecular weight is 240 g/mol. The second kappa shape index (κ2) is 4.15. The third kappa shape index (κ3) is 1.64. The summed E-state index contributed by atoms with van der Waals surface area (Å²) in [6, 6.07) is 4.02. The van der Waals surface area contributed by atoms with Crippen LogP contribution in [0.4, 0.5) is 0 Å². The van der Waals surface area contributed by atoms with Gasteiger partial charge in [0.05, 0.1) is 5.02 Å². The van der Waals surface area contributed by atoms with Crippen LogP contribution in [-0.2, 0) is 0 Å². The van der Waals surface area contributed by atoms with Crippen molar-refractivity contribution in [2.75, 3.05) is 19.9 Å². The highest BCUT2D eigenvalue weighted by molar-refractivity contribution is 6.33. The molecule has 2 heterocycles. The first-order chi connectivity index (χ1) is 7.86. The van der Waals surface area contributed by atoms with Crippen molar-refractivity contribution in [2.45, 2.75) is 18.8 Å². The van der Waals surface area contributed by atoms with Gasteiger partial charge >= 0.3 is 0 Å². The fraction of sp³-hybridized carbons (Fsp3) is 0.500. The van der Waals surface area contributed by atoms with E-state index in [9.17, 15) is 0 Å². The highest BCUT2D eigenvalue weighted by atomic mass is 35.5. The van der Waals surface area contributed by atoms with Crippen LogP contribution in [0.5, 0.6) is 11.5 Å². The fourth-order valence-corrected chi connectivity index (χ4v) is 2.75. The van der Waals surface area contributed by atoms with Gasteiger partial charge in [-0.15, -0.1) is 0 Å². The summed E-state index contributed by atoms with van der Waals surface area (Å²) >= 11 is 6.35. The average Bonchev–Trinajstić information content (AvgIpc) is 2.80. The van der Waals surface area contributed by atoms with Gasteiger partial charge in [-0.25, -0.2) is 0 Å². The van der Waals surface area contributed by atoms with E-state index in [-0.39, 0.29) is 6.79 Å². The molecule has 1 N–H and O–H groups in total. The van der Waals surface area contributed by atoms with Crippen LogP contribution in [0, 0.1) is 0 Å². The maximum atomic E-state index is 6.35. The fourth-order valence-electron chi connectivity index (χ4n) is 2.39. The number of benzene rings is 1. The van der Waals surface area contributed by atoms with E-state index in [2.05, 4.69) is 11.4 Å². The highest BCUT2D eigenvalue weighted by Crippen LogP contribution is 2.43. The van der Waals surface area contributed by atoms with Crippen LogP contribution in [0.15, 0.2) is 12.1 Å². The molecule has 0 bridgehead atoms. The first kappa shape index (κ1) is 10.2. The molecule has 4 heteroatoms. The van der Waals surface area contributed by atoms with Crippen LogP contribution < -0.4 is 14.8 Å². The molecule has 86 valence electrons. The standard InChI is InChI=1S/C12H14ClNO2/c13-11-9(8-2-1-5-14-6-8)3-4-10-12(11)16-7-15-10/h3-4,8,14H,1-2,5-7H2. The van der Waals surface area contributed by atoms with Crippen LogP contribution in [0.3, 0.4) is 0 Å². The topological polar surface area (TPSA) is 30.5 Å². The summed E-state index contributed by atoms with van der Waals surface area (Å²) in [4.78, 5) is 0. The second-order valence-electron chi connectivity index (χ2n) is 4.25. The summed E-state index contributed by atoms with van der Waals surface area (Å²) in [6.45, 7) is 2.39. The number of hydrogen-bond acceptors (Lipinski definition) is 3. The summed E-state index contributed by atoms with van der Waals surface area (Å²) in [7, 11) is 0. The largest absolute Gasteiger partial charge is 0.454 e. The van der Waals surface area contributed by atoms with E-state index in [0.717, 1.165) is 23.9 Å². The van der Waals surface area contributed by atoms with Crippen LogP contribution in [0.1, 0.15) is 24.3 Å². The van der Waals surface area contributed by atoms with Crippen LogP contribution in [0.25, 0.3) is 0 Å². The van der Waals surface area contributed by atoms with E-state index in [4.69, 9.17) is 21.1 Å². The number of fused-ring (bicyclic) bond motifs is 1. The van der Waals surface area contributed by atoms with E-state index in [1.165, 1.54) is 18.4 Å². The Bertz CT molecular complexity index is 402.